The van der Waals surface area contributed by atoms with E-state index in [9.17, 15) is 4.39 Å². The van der Waals surface area contributed by atoms with Crippen molar-refractivity contribution < 1.29 is 4.39 Å². The molecule has 0 amide bonds. The smallest absolute Gasteiger partial charge is 0.229 e. The standard InChI is InChI=1S/C11H13FN4S/c1-3-16-10(13-14-11(16)17)15(2)9-6-4-8(12)5-7-9/h4-7H,3H2,1-2H3,(H,14,17). The van der Waals surface area contributed by atoms with Crippen molar-refractivity contribution in [2.24, 2.45) is 0 Å². The van der Waals surface area contributed by atoms with Crippen LogP contribution >= 0.6 is 12.2 Å². The number of halogens is 1. The zero-order valence-electron chi connectivity index (χ0n) is 9.64. The molecule has 0 aliphatic rings. The molecule has 0 spiro atoms. The third-order valence-corrected chi connectivity index (χ3v) is 2.88. The molecular formula is C11H13FN4S. The molecule has 0 bridgehead atoms. The average Bonchev–Trinajstić information content (AvgIpc) is 2.70. The molecule has 0 fully saturated rings. The van der Waals surface area contributed by atoms with E-state index in [1.54, 1.807) is 12.1 Å². The first-order valence-electron chi connectivity index (χ1n) is 5.28. The van der Waals surface area contributed by atoms with Crippen molar-refractivity contribution in [1.29, 1.82) is 0 Å². The van der Waals surface area contributed by atoms with Gasteiger partial charge in [-0.05, 0) is 43.4 Å². The molecule has 0 unspecified atom stereocenters. The summed E-state index contributed by atoms with van der Waals surface area (Å²) in [6, 6.07) is 6.24. The van der Waals surface area contributed by atoms with E-state index < -0.39 is 0 Å². The van der Waals surface area contributed by atoms with Gasteiger partial charge in [-0.2, -0.15) is 0 Å². The highest BCUT2D eigenvalue weighted by Gasteiger charge is 2.11. The van der Waals surface area contributed by atoms with Gasteiger partial charge in [0.05, 0.1) is 0 Å². The molecule has 0 aliphatic carbocycles. The molecule has 1 aromatic heterocycles. The monoisotopic (exact) mass is 252 g/mol. The van der Waals surface area contributed by atoms with Crippen LogP contribution in [0.5, 0.6) is 0 Å². The molecular weight excluding hydrogens is 239 g/mol. The molecule has 2 aromatic rings. The summed E-state index contributed by atoms with van der Waals surface area (Å²) in [5.74, 6) is 0.459. The average molecular weight is 252 g/mol. The van der Waals surface area contributed by atoms with E-state index in [1.165, 1.54) is 12.1 Å². The van der Waals surface area contributed by atoms with Crippen LogP contribution in [0.15, 0.2) is 24.3 Å². The van der Waals surface area contributed by atoms with E-state index in [-0.39, 0.29) is 5.82 Å². The summed E-state index contributed by atoms with van der Waals surface area (Å²) in [4.78, 5) is 1.86. The maximum Gasteiger partial charge on any atom is 0.229 e. The molecule has 1 N–H and O–H groups in total. The molecule has 0 aliphatic heterocycles. The van der Waals surface area contributed by atoms with Crippen LogP contribution in [0.2, 0.25) is 0 Å². The van der Waals surface area contributed by atoms with Crippen LogP contribution in [0.4, 0.5) is 16.0 Å². The highest BCUT2D eigenvalue weighted by molar-refractivity contribution is 7.71. The molecule has 0 radical (unpaired) electrons. The minimum absolute atomic E-state index is 0.253. The second kappa shape index (κ2) is 4.67. The lowest BCUT2D eigenvalue weighted by Crippen LogP contribution is -2.15. The van der Waals surface area contributed by atoms with Crippen LogP contribution in [0.1, 0.15) is 6.92 Å². The Balaban J connectivity index is 2.39. The molecule has 90 valence electrons. The highest BCUT2D eigenvalue weighted by Crippen LogP contribution is 2.21. The molecule has 4 nitrogen and oxygen atoms in total. The number of aromatic nitrogens is 3. The summed E-state index contributed by atoms with van der Waals surface area (Å²) in [5, 5.41) is 6.91. The van der Waals surface area contributed by atoms with Crippen molar-refractivity contribution in [1.82, 2.24) is 14.8 Å². The van der Waals surface area contributed by atoms with Crippen molar-refractivity contribution in [3.63, 3.8) is 0 Å². The number of aromatic amines is 1. The summed E-state index contributed by atoms with van der Waals surface area (Å²) in [7, 11) is 1.87. The molecule has 6 heteroatoms. The Kier molecular flexibility index (Phi) is 3.23. The highest BCUT2D eigenvalue weighted by atomic mass is 32.1. The maximum atomic E-state index is 12.8. The van der Waals surface area contributed by atoms with Crippen LogP contribution in [-0.4, -0.2) is 21.8 Å². The second-order valence-corrected chi connectivity index (χ2v) is 4.00. The first kappa shape index (κ1) is 11.8. The van der Waals surface area contributed by atoms with Crippen LogP contribution in [0.3, 0.4) is 0 Å². The van der Waals surface area contributed by atoms with E-state index >= 15 is 0 Å². The van der Waals surface area contributed by atoms with Gasteiger partial charge in [-0.25, -0.2) is 9.49 Å². The third-order valence-electron chi connectivity index (χ3n) is 2.57. The summed E-state index contributed by atoms with van der Waals surface area (Å²) in [6.07, 6.45) is 0. The fourth-order valence-corrected chi connectivity index (χ4v) is 1.89. The van der Waals surface area contributed by atoms with Crippen LogP contribution in [0, 0.1) is 10.6 Å². The molecule has 17 heavy (non-hydrogen) atoms. The van der Waals surface area contributed by atoms with Gasteiger partial charge in [0, 0.05) is 19.3 Å². The number of hydrogen-bond acceptors (Lipinski definition) is 3. The Bertz CT molecular complexity index is 558. The van der Waals surface area contributed by atoms with Gasteiger partial charge in [-0.1, -0.05) is 0 Å². The summed E-state index contributed by atoms with van der Waals surface area (Å²) in [5.41, 5.74) is 0.857. The Morgan fingerprint density at radius 2 is 2.06 bits per heavy atom. The van der Waals surface area contributed by atoms with Gasteiger partial charge in [0.2, 0.25) is 5.95 Å². The third kappa shape index (κ3) is 2.21. The van der Waals surface area contributed by atoms with Gasteiger partial charge in [0.25, 0.3) is 0 Å². The van der Waals surface area contributed by atoms with Crippen molar-refractivity contribution in [2.75, 3.05) is 11.9 Å². The molecule has 0 saturated heterocycles. The van der Waals surface area contributed by atoms with Gasteiger partial charge < -0.3 is 4.90 Å². The number of nitrogens with zero attached hydrogens (tertiary/aromatic N) is 3. The van der Waals surface area contributed by atoms with E-state index in [2.05, 4.69) is 10.2 Å². The van der Waals surface area contributed by atoms with Crippen molar-refractivity contribution in [3.05, 3.63) is 34.9 Å². The van der Waals surface area contributed by atoms with Gasteiger partial charge in [-0.15, -0.1) is 5.10 Å². The Morgan fingerprint density at radius 3 is 2.65 bits per heavy atom. The normalized spacial score (nSPS) is 10.5. The first-order valence-corrected chi connectivity index (χ1v) is 5.68. The van der Waals surface area contributed by atoms with Crippen molar-refractivity contribution >= 4 is 23.9 Å². The lowest BCUT2D eigenvalue weighted by atomic mass is 10.3. The predicted molar refractivity (Wildman–Crippen MR) is 67.5 cm³/mol. The van der Waals surface area contributed by atoms with Crippen molar-refractivity contribution in [3.8, 4) is 0 Å². The lowest BCUT2D eigenvalue weighted by molar-refractivity contribution is 0.627. The quantitative estimate of drug-likeness (QED) is 0.853. The Hall–Kier alpha value is -1.69. The number of anilines is 2. The van der Waals surface area contributed by atoms with Crippen LogP contribution in [-0.2, 0) is 6.54 Å². The molecule has 2 rings (SSSR count). The van der Waals surface area contributed by atoms with E-state index in [4.69, 9.17) is 12.2 Å². The number of hydrogen-bond donors (Lipinski definition) is 1. The number of H-pyrrole nitrogens is 1. The summed E-state index contributed by atoms with van der Waals surface area (Å²) in [6.45, 7) is 2.73. The van der Waals surface area contributed by atoms with E-state index in [1.807, 2.05) is 23.4 Å². The Morgan fingerprint density at radius 1 is 1.41 bits per heavy atom. The number of rotatable bonds is 3. The Labute approximate surface area is 104 Å². The maximum absolute atomic E-state index is 12.8. The van der Waals surface area contributed by atoms with Crippen molar-refractivity contribution in [2.45, 2.75) is 13.5 Å². The van der Waals surface area contributed by atoms with Gasteiger partial charge in [0.1, 0.15) is 5.82 Å². The van der Waals surface area contributed by atoms with E-state index in [0.717, 1.165) is 12.2 Å². The zero-order chi connectivity index (χ0) is 12.4. The van der Waals surface area contributed by atoms with Gasteiger partial charge in [-0.3, -0.25) is 4.57 Å². The largest absolute Gasteiger partial charge is 0.314 e. The topological polar surface area (TPSA) is 36.9 Å². The summed E-state index contributed by atoms with van der Waals surface area (Å²) >= 11 is 5.12. The number of nitrogens with one attached hydrogen (secondary N) is 1. The minimum Gasteiger partial charge on any atom is -0.314 e. The van der Waals surface area contributed by atoms with E-state index in [0.29, 0.717) is 10.7 Å². The SMILES string of the molecule is CCn1c(N(C)c2ccc(F)cc2)n[nH]c1=S. The fraction of sp³-hybridized carbons (Fsp3) is 0.273. The van der Waals surface area contributed by atoms with Crippen LogP contribution < -0.4 is 4.90 Å². The summed E-state index contributed by atoms with van der Waals surface area (Å²) < 4.78 is 15.3. The first-order chi connectivity index (χ1) is 8.13. The molecule has 0 atom stereocenters. The molecule has 1 heterocycles. The van der Waals surface area contributed by atoms with Gasteiger partial charge in [0.15, 0.2) is 4.77 Å². The molecule has 0 saturated carbocycles. The minimum atomic E-state index is -0.253. The fourth-order valence-electron chi connectivity index (χ4n) is 1.63. The van der Waals surface area contributed by atoms with Crippen LogP contribution in [0.25, 0.3) is 0 Å². The zero-order valence-corrected chi connectivity index (χ0v) is 10.5. The molecule has 1 aromatic carbocycles. The number of benzene rings is 1. The predicted octanol–water partition coefficient (Wildman–Crippen LogP) is 2.87. The van der Waals surface area contributed by atoms with Gasteiger partial charge >= 0.3 is 0 Å². The second-order valence-electron chi connectivity index (χ2n) is 3.61. The lowest BCUT2D eigenvalue weighted by Gasteiger charge is -2.18.